The van der Waals surface area contributed by atoms with Crippen LogP contribution in [0.15, 0.2) is 53.4 Å². The van der Waals surface area contributed by atoms with Gasteiger partial charge in [-0.1, -0.05) is 44.2 Å². The van der Waals surface area contributed by atoms with Crippen LogP contribution >= 0.6 is 11.3 Å². The van der Waals surface area contributed by atoms with Gasteiger partial charge in [-0.05, 0) is 43.5 Å². The van der Waals surface area contributed by atoms with Crippen LogP contribution in [0.2, 0.25) is 0 Å². The van der Waals surface area contributed by atoms with Gasteiger partial charge in [0.15, 0.2) is 0 Å². The lowest BCUT2D eigenvalue weighted by molar-refractivity contribution is -0.124. The fraction of sp³-hybridized carbons (Fsp3) is 0.333. The van der Waals surface area contributed by atoms with E-state index in [1.54, 1.807) is 12.1 Å². The molecule has 3 rings (SSSR count). The highest BCUT2D eigenvalue weighted by Crippen LogP contribution is 2.25. The molecule has 0 saturated heterocycles. The normalized spacial score (nSPS) is 14.1. The number of aromatic nitrogens is 1. The van der Waals surface area contributed by atoms with Crippen molar-refractivity contribution in [3.8, 4) is 0 Å². The van der Waals surface area contributed by atoms with E-state index in [0.717, 1.165) is 20.8 Å². The summed E-state index contributed by atoms with van der Waals surface area (Å²) >= 11 is 1.44. The number of sulfonamides is 1. The van der Waals surface area contributed by atoms with E-state index in [-0.39, 0.29) is 22.8 Å². The van der Waals surface area contributed by atoms with Crippen LogP contribution in [0.25, 0.3) is 10.2 Å². The maximum absolute atomic E-state index is 13.0. The molecule has 29 heavy (non-hydrogen) atoms. The summed E-state index contributed by atoms with van der Waals surface area (Å²) in [7, 11) is -3.86. The fourth-order valence-corrected chi connectivity index (χ4v) is 5.35. The van der Waals surface area contributed by atoms with Gasteiger partial charge in [-0.25, -0.2) is 13.4 Å². The predicted molar refractivity (Wildman–Crippen MR) is 116 cm³/mol. The first kappa shape index (κ1) is 21.4. The van der Waals surface area contributed by atoms with Crippen LogP contribution in [0, 0.1) is 12.8 Å². The van der Waals surface area contributed by atoms with Crippen molar-refractivity contribution in [2.24, 2.45) is 5.92 Å². The Kier molecular flexibility index (Phi) is 6.36. The zero-order valence-corrected chi connectivity index (χ0v) is 18.5. The summed E-state index contributed by atoms with van der Waals surface area (Å²) in [6.07, 6.45) is 0. The molecule has 0 aliphatic rings. The standard InChI is InChI=1S/C21H25N3O3S2/c1-13(2)20(21(25)22-14(3)16-8-6-5-7-9-16)24-29(26,27)17-10-11-18-19(12-17)28-15(4)23-18/h5-14,20,24H,1-4H3,(H,22,25). The van der Waals surface area contributed by atoms with Crippen molar-refractivity contribution < 1.29 is 13.2 Å². The third-order valence-corrected chi connectivity index (χ3v) is 7.04. The van der Waals surface area contributed by atoms with E-state index in [2.05, 4.69) is 15.0 Å². The van der Waals surface area contributed by atoms with Gasteiger partial charge in [0.25, 0.3) is 0 Å². The second kappa shape index (κ2) is 8.61. The van der Waals surface area contributed by atoms with Crippen molar-refractivity contribution in [1.29, 1.82) is 0 Å². The molecule has 2 unspecified atom stereocenters. The SMILES string of the molecule is Cc1nc2ccc(S(=O)(=O)NC(C(=O)NC(C)c3ccccc3)C(C)C)cc2s1. The zero-order valence-electron chi connectivity index (χ0n) is 16.8. The Labute approximate surface area is 175 Å². The summed E-state index contributed by atoms with van der Waals surface area (Å²) in [5.41, 5.74) is 1.72. The molecule has 0 bridgehead atoms. The van der Waals surface area contributed by atoms with Crippen LogP contribution in [-0.2, 0) is 14.8 Å². The highest BCUT2D eigenvalue weighted by molar-refractivity contribution is 7.89. The average Bonchev–Trinajstić information content (AvgIpc) is 3.05. The molecule has 0 saturated carbocycles. The molecule has 154 valence electrons. The molecule has 1 heterocycles. The van der Waals surface area contributed by atoms with E-state index < -0.39 is 16.1 Å². The van der Waals surface area contributed by atoms with Crippen molar-refractivity contribution in [2.45, 2.75) is 44.7 Å². The van der Waals surface area contributed by atoms with E-state index >= 15 is 0 Å². The molecule has 8 heteroatoms. The molecule has 0 fully saturated rings. The van der Waals surface area contributed by atoms with Crippen molar-refractivity contribution in [3.05, 3.63) is 59.1 Å². The molecule has 2 N–H and O–H groups in total. The number of carbonyl (C=O) groups excluding carboxylic acids is 1. The number of carbonyl (C=O) groups is 1. The number of rotatable bonds is 7. The number of hydrogen-bond acceptors (Lipinski definition) is 5. The Balaban J connectivity index is 1.80. The summed E-state index contributed by atoms with van der Waals surface area (Å²) < 4.78 is 29.3. The van der Waals surface area contributed by atoms with Crippen molar-refractivity contribution in [3.63, 3.8) is 0 Å². The molecule has 2 atom stereocenters. The van der Waals surface area contributed by atoms with E-state index in [1.165, 1.54) is 17.4 Å². The number of fused-ring (bicyclic) bond motifs is 1. The quantitative estimate of drug-likeness (QED) is 0.596. The molecule has 6 nitrogen and oxygen atoms in total. The Morgan fingerprint density at radius 3 is 2.41 bits per heavy atom. The van der Waals surface area contributed by atoms with Crippen molar-refractivity contribution in [1.82, 2.24) is 15.0 Å². The van der Waals surface area contributed by atoms with Crippen LogP contribution in [0.3, 0.4) is 0 Å². The zero-order chi connectivity index (χ0) is 21.2. The molecular formula is C21H25N3O3S2. The van der Waals surface area contributed by atoms with Gasteiger partial charge in [0.05, 0.1) is 26.2 Å². The lowest BCUT2D eigenvalue weighted by Crippen LogP contribution is -2.50. The molecule has 0 aliphatic heterocycles. The second-order valence-electron chi connectivity index (χ2n) is 7.35. The smallest absolute Gasteiger partial charge is 0.241 e. The lowest BCUT2D eigenvalue weighted by Gasteiger charge is -2.24. The Bertz CT molecular complexity index is 1110. The summed E-state index contributed by atoms with van der Waals surface area (Å²) in [4.78, 5) is 17.3. The van der Waals surface area contributed by atoms with E-state index in [0.29, 0.717) is 0 Å². The Morgan fingerprint density at radius 2 is 1.76 bits per heavy atom. The number of amides is 1. The molecule has 2 aromatic carbocycles. The minimum atomic E-state index is -3.86. The summed E-state index contributed by atoms with van der Waals surface area (Å²) in [6, 6.07) is 13.2. The first-order valence-electron chi connectivity index (χ1n) is 9.42. The summed E-state index contributed by atoms with van der Waals surface area (Å²) in [5.74, 6) is -0.572. The highest BCUT2D eigenvalue weighted by Gasteiger charge is 2.29. The molecule has 0 aliphatic carbocycles. The number of nitrogens with zero attached hydrogens (tertiary/aromatic N) is 1. The number of benzene rings is 2. The van der Waals surface area contributed by atoms with Crippen LogP contribution in [-0.4, -0.2) is 25.4 Å². The van der Waals surface area contributed by atoms with Crippen LogP contribution < -0.4 is 10.0 Å². The topological polar surface area (TPSA) is 88.2 Å². The summed E-state index contributed by atoms with van der Waals surface area (Å²) in [6.45, 7) is 7.38. The monoisotopic (exact) mass is 431 g/mol. The second-order valence-corrected chi connectivity index (χ2v) is 10.3. The molecule has 0 spiro atoms. The van der Waals surface area contributed by atoms with Gasteiger partial charge < -0.3 is 5.32 Å². The largest absolute Gasteiger partial charge is 0.348 e. The van der Waals surface area contributed by atoms with Crippen LogP contribution in [0.5, 0.6) is 0 Å². The van der Waals surface area contributed by atoms with Gasteiger partial charge in [-0.2, -0.15) is 4.72 Å². The highest BCUT2D eigenvalue weighted by atomic mass is 32.2. The van der Waals surface area contributed by atoms with Crippen molar-refractivity contribution >= 4 is 37.5 Å². The van der Waals surface area contributed by atoms with Crippen LogP contribution in [0.1, 0.15) is 37.4 Å². The minimum Gasteiger partial charge on any atom is -0.348 e. The molecule has 0 radical (unpaired) electrons. The molecule has 3 aromatic rings. The number of nitrogens with one attached hydrogen (secondary N) is 2. The van der Waals surface area contributed by atoms with Gasteiger partial charge in [0.2, 0.25) is 15.9 Å². The number of thiazole rings is 1. The van der Waals surface area contributed by atoms with E-state index in [1.807, 2.05) is 58.0 Å². The maximum atomic E-state index is 13.0. The van der Waals surface area contributed by atoms with Gasteiger partial charge in [0.1, 0.15) is 6.04 Å². The molecular weight excluding hydrogens is 406 g/mol. The van der Waals surface area contributed by atoms with Gasteiger partial charge in [-0.15, -0.1) is 11.3 Å². The fourth-order valence-electron chi connectivity index (χ4n) is 3.04. The Morgan fingerprint density at radius 1 is 1.07 bits per heavy atom. The Hall–Kier alpha value is -2.29. The number of hydrogen-bond donors (Lipinski definition) is 2. The van der Waals surface area contributed by atoms with E-state index in [9.17, 15) is 13.2 Å². The molecule has 1 amide bonds. The van der Waals surface area contributed by atoms with E-state index in [4.69, 9.17) is 0 Å². The molecule has 1 aromatic heterocycles. The first-order chi connectivity index (χ1) is 13.7. The van der Waals surface area contributed by atoms with Gasteiger partial charge >= 0.3 is 0 Å². The van der Waals surface area contributed by atoms with Crippen LogP contribution in [0.4, 0.5) is 0 Å². The number of aryl methyl sites for hydroxylation is 1. The summed E-state index contributed by atoms with van der Waals surface area (Å²) in [5, 5.41) is 3.78. The van der Waals surface area contributed by atoms with Gasteiger partial charge in [0, 0.05) is 0 Å². The average molecular weight is 432 g/mol. The lowest BCUT2D eigenvalue weighted by atomic mass is 10.0. The predicted octanol–water partition coefficient (Wildman–Crippen LogP) is 3.79. The first-order valence-corrected chi connectivity index (χ1v) is 11.7. The third-order valence-electron chi connectivity index (χ3n) is 4.67. The minimum absolute atomic E-state index is 0.128. The maximum Gasteiger partial charge on any atom is 0.241 e. The van der Waals surface area contributed by atoms with Gasteiger partial charge in [-0.3, -0.25) is 4.79 Å². The third kappa shape index (κ3) is 5.01. The van der Waals surface area contributed by atoms with Crippen molar-refractivity contribution in [2.75, 3.05) is 0 Å².